The molecule has 0 saturated heterocycles. The van der Waals surface area contributed by atoms with Crippen LogP contribution in [-0.2, 0) is 12.8 Å². The van der Waals surface area contributed by atoms with Crippen LogP contribution >= 0.6 is 15.9 Å². The van der Waals surface area contributed by atoms with Crippen LogP contribution in [0.3, 0.4) is 0 Å². The van der Waals surface area contributed by atoms with Gasteiger partial charge in [0.05, 0.1) is 38.3 Å². The molecule has 0 bridgehead atoms. The highest BCUT2D eigenvalue weighted by molar-refractivity contribution is 9.10. The summed E-state index contributed by atoms with van der Waals surface area (Å²) in [5.41, 5.74) is 3.76. The highest BCUT2D eigenvalue weighted by atomic mass is 79.9. The van der Waals surface area contributed by atoms with Crippen molar-refractivity contribution in [3.05, 3.63) is 93.0 Å². The Hall–Kier alpha value is -4.59. The number of carbonyl (C=O) groups is 2. The number of benzene rings is 4. The molecule has 41 heavy (non-hydrogen) atoms. The molecule has 2 N–H and O–H groups in total. The van der Waals surface area contributed by atoms with Crippen LogP contribution in [0.4, 0.5) is 17.1 Å². The van der Waals surface area contributed by atoms with Crippen molar-refractivity contribution in [2.75, 3.05) is 25.0 Å². The van der Waals surface area contributed by atoms with Gasteiger partial charge in [-0.15, -0.1) is 10.2 Å². The normalized spacial score (nSPS) is 16.4. The van der Waals surface area contributed by atoms with Gasteiger partial charge in [-0.05, 0) is 51.7 Å². The molecule has 10 heteroatoms. The van der Waals surface area contributed by atoms with Gasteiger partial charge < -0.3 is 15.1 Å². The van der Waals surface area contributed by atoms with E-state index >= 15 is 0 Å². The summed E-state index contributed by atoms with van der Waals surface area (Å²) < 4.78 is 0.201. The second-order valence-electron chi connectivity index (χ2n) is 10.1. The third-order valence-electron chi connectivity index (χ3n) is 7.56. The number of β-amino-alcohol motifs (C(OH)–C–C–N with tert-alkyl or cyclic N) is 1. The minimum atomic E-state index is -0.589. The molecule has 0 aromatic heterocycles. The molecule has 0 spiro atoms. The van der Waals surface area contributed by atoms with E-state index in [2.05, 4.69) is 43.2 Å². The SMILES string of the molecule is CN1C(=O)c2cc(C#N)c(N=Nc3cc4c(c5cccc(O)c35)N(CCc3ccccc3)CC(O)C4)c(Br)c2C1=O. The summed E-state index contributed by atoms with van der Waals surface area (Å²) in [6.07, 6.45) is 0.601. The number of phenolic OH excluding ortho intramolecular Hbond substituents is 1. The van der Waals surface area contributed by atoms with E-state index in [1.807, 2.05) is 30.3 Å². The maximum atomic E-state index is 12.7. The van der Waals surface area contributed by atoms with Crippen molar-refractivity contribution >= 4 is 55.6 Å². The molecule has 0 radical (unpaired) electrons. The molecule has 2 aliphatic rings. The monoisotopic (exact) mass is 609 g/mol. The molecule has 1 unspecified atom stereocenters. The van der Waals surface area contributed by atoms with Crippen LogP contribution in [0, 0.1) is 11.3 Å². The Morgan fingerprint density at radius 3 is 2.61 bits per heavy atom. The summed E-state index contributed by atoms with van der Waals surface area (Å²) >= 11 is 3.38. The van der Waals surface area contributed by atoms with E-state index in [0.29, 0.717) is 30.6 Å². The predicted molar refractivity (Wildman–Crippen MR) is 157 cm³/mol. The quantitative estimate of drug-likeness (QED) is 0.218. The number of carbonyl (C=O) groups excluding carboxylic acids is 2. The van der Waals surface area contributed by atoms with Crippen molar-refractivity contribution in [3.8, 4) is 11.8 Å². The average molecular weight is 610 g/mol. The van der Waals surface area contributed by atoms with E-state index in [1.165, 1.54) is 18.7 Å². The Bertz CT molecular complexity index is 1820. The fourth-order valence-corrected chi connectivity index (χ4v) is 6.29. The zero-order valence-electron chi connectivity index (χ0n) is 22.0. The van der Waals surface area contributed by atoms with Crippen molar-refractivity contribution in [2.24, 2.45) is 10.2 Å². The predicted octanol–water partition coefficient (Wildman–Crippen LogP) is 5.79. The van der Waals surface area contributed by atoms with E-state index in [0.717, 1.165) is 28.0 Å². The summed E-state index contributed by atoms with van der Waals surface area (Å²) in [6.45, 7) is 1.13. The van der Waals surface area contributed by atoms with E-state index < -0.39 is 17.9 Å². The first kappa shape index (κ1) is 26.6. The summed E-state index contributed by atoms with van der Waals surface area (Å²) in [7, 11) is 1.38. The number of aromatic hydroxyl groups is 1. The third-order valence-corrected chi connectivity index (χ3v) is 8.33. The van der Waals surface area contributed by atoms with Crippen LogP contribution in [0.1, 0.15) is 37.4 Å². The van der Waals surface area contributed by atoms with Crippen LogP contribution < -0.4 is 4.90 Å². The van der Waals surface area contributed by atoms with Gasteiger partial charge >= 0.3 is 0 Å². The van der Waals surface area contributed by atoms with Gasteiger partial charge in [0.15, 0.2) is 0 Å². The molecular weight excluding hydrogens is 586 g/mol. The van der Waals surface area contributed by atoms with Crippen LogP contribution in [-0.4, -0.2) is 53.2 Å². The largest absolute Gasteiger partial charge is 0.507 e. The Morgan fingerprint density at radius 1 is 1.07 bits per heavy atom. The van der Waals surface area contributed by atoms with Crippen LogP contribution in [0.15, 0.2) is 75.4 Å². The van der Waals surface area contributed by atoms with Crippen LogP contribution in [0.2, 0.25) is 0 Å². The number of nitrogens with zero attached hydrogens (tertiary/aromatic N) is 5. The first-order valence-electron chi connectivity index (χ1n) is 13.0. The van der Waals surface area contributed by atoms with Gasteiger partial charge in [-0.25, -0.2) is 0 Å². The number of aliphatic hydroxyl groups excluding tert-OH is 1. The van der Waals surface area contributed by atoms with E-state index in [1.54, 1.807) is 18.2 Å². The van der Waals surface area contributed by atoms with Crippen molar-refractivity contribution in [1.29, 1.82) is 5.26 Å². The number of azo groups is 1. The molecule has 2 aliphatic heterocycles. The lowest BCUT2D eigenvalue weighted by atomic mass is 9.93. The molecule has 4 aromatic rings. The van der Waals surface area contributed by atoms with Gasteiger partial charge in [0.2, 0.25) is 0 Å². The molecule has 0 saturated carbocycles. The molecule has 2 amide bonds. The lowest BCUT2D eigenvalue weighted by Gasteiger charge is -2.35. The number of imide groups is 1. The fraction of sp³-hybridized carbons (Fsp3) is 0.194. The van der Waals surface area contributed by atoms with Gasteiger partial charge in [0.1, 0.15) is 17.5 Å². The maximum absolute atomic E-state index is 12.7. The number of fused-ring (bicyclic) bond motifs is 4. The number of rotatable bonds is 5. The number of hydrogen-bond acceptors (Lipinski definition) is 8. The first-order valence-corrected chi connectivity index (χ1v) is 13.8. The number of anilines is 1. The molecule has 1 atom stereocenters. The molecule has 0 aliphatic carbocycles. The van der Waals surface area contributed by atoms with Crippen LogP contribution in [0.25, 0.3) is 10.8 Å². The molecule has 4 aromatic carbocycles. The van der Waals surface area contributed by atoms with E-state index in [9.17, 15) is 25.1 Å². The number of amides is 2. The second-order valence-corrected chi connectivity index (χ2v) is 10.9. The highest BCUT2D eigenvalue weighted by Crippen LogP contribution is 2.45. The molecule has 6 rings (SSSR count). The second kappa shape index (κ2) is 10.4. The van der Waals surface area contributed by atoms with Gasteiger partial charge in [0.25, 0.3) is 11.8 Å². The van der Waals surface area contributed by atoms with Gasteiger partial charge in [0, 0.05) is 37.6 Å². The summed E-state index contributed by atoms with van der Waals surface area (Å²) in [4.78, 5) is 28.3. The summed E-state index contributed by atoms with van der Waals surface area (Å²) in [5, 5.41) is 41.6. The van der Waals surface area contributed by atoms with Crippen molar-refractivity contribution in [1.82, 2.24) is 4.90 Å². The Kier molecular flexibility index (Phi) is 6.77. The van der Waals surface area contributed by atoms with Gasteiger partial charge in [-0.1, -0.05) is 42.5 Å². The lowest BCUT2D eigenvalue weighted by molar-refractivity contribution is 0.0692. The maximum Gasteiger partial charge on any atom is 0.262 e. The van der Waals surface area contributed by atoms with Gasteiger partial charge in [-0.3, -0.25) is 14.5 Å². The topological polar surface area (TPSA) is 130 Å². The van der Waals surface area contributed by atoms with Crippen LogP contribution in [0.5, 0.6) is 5.75 Å². The molecule has 2 heterocycles. The number of halogens is 1. The summed E-state index contributed by atoms with van der Waals surface area (Å²) in [6, 6.07) is 20.6. The minimum Gasteiger partial charge on any atom is -0.507 e. The molecular formula is C31H24BrN5O4. The fourth-order valence-electron chi connectivity index (χ4n) is 5.61. The highest BCUT2D eigenvalue weighted by Gasteiger charge is 2.37. The first-order chi connectivity index (χ1) is 19.8. The van der Waals surface area contributed by atoms with E-state index in [4.69, 9.17) is 0 Å². The Balaban J connectivity index is 1.46. The molecule has 204 valence electrons. The number of hydrogen-bond donors (Lipinski definition) is 2. The van der Waals surface area contributed by atoms with Crippen molar-refractivity contribution in [3.63, 3.8) is 0 Å². The molecule has 9 nitrogen and oxygen atoms in total. The number of aliphatic hydroxyl groups is 1. The third kappa shape index (κ3) is 4.53. The van der Waals surface area contributed by atoms with Gasteiger partial charge in [-0.2, -0.15) is 5.26 Å². The zero-order chi connectivity index (χ0) is 28.8. The van der Waals surface area contributed by atoms with Crippen molar-refractivity contribution < 1.29 is 19.8 Å². The minimum absolute atomic E-state index is 0.0179. The smallest absolute Gasteiger partial charge is 0.262 e. The number of phenols is 1. The van der Waals surface area contributed by atoms with E-state index in [-0.39, 0.29) is 32.6 Å². The van der Waals surface area contributed by atoms with Crippen molar-refractivity contribution in [2.45, 2.75) is 18.9 Å². The molecule has 0 fully saturated rings. The Morgan fingerprint density at radius 2 is 1.85 bits per heavy atom. The Labute approximate surface area is 244 Å². The average Bonchev–Trinajstić information content (AvgIpc) is 3.18. The lowest BCUT2D eigenvalue weighted by Crippen LogP contribution is -2.39. The number of nitriles is 1. The zero-order valence-corrected chi connectivity index (χ0v) is 23.6. The summed E-state index contributed by atoms with van der Waals surface area (Å²) in [5.74, 6) is -0.977. The standard InChI is InChI=1S/C31H24BrN5O4/c1-36-30(40)22-13-19(15-33)28(27(32)26(22)31(36)41)35-34-23-14-18-12-20(38)16-37(11-10-17-6-3-2-4-7-17)29(18)21-8-5-9-24(39)25(21)23/h2-9,13-14,20,38-39H,10-12,16H2,1H3.